The molecule has 0 bridgehead atoms. The van der Waals surface area contributed by atoms with Crippen LogP contribution in [0, 0.1) is 13.8 Å². The molecule has 0 aliphatic rings. The van der Waals surface area contributed by atoms with Crippen molar-refractivity contribution in [2.24, 2.45) is 0 Å². The Hall–Kier alpha value is -3.84. The molecule has 34 heavy (non-hydrogen) atoms. The summed E-state index contributed by atoms with van der Waals surface area (Å²) in [4.78, 5) is 21.9. The monoisotopic (exact) mass is 469 g/mol. The van der Waals surface area contributed by atoms with Gasteiger partial charge >= 0.3 is 0 Å². The van der Waals surface area contributed by atoms with E-state index in [1.165, 1.54) is 22.9 Å². The van der Waals surface area contributed by atoms with E-state index in [0.29, 0.717) is 12.4 Å². The zero-order valence-electron chi connectivity index (χ0n) is 19.4. The fourth-order valence-corrected chi connectivity index (χ4v) is 4.02. The van der Waals surface area contributed by atoms with Gasteiger partial charge in [-0.25, -0.2) is 9.97 Å². The first kappa shape index (κ1) is 23.3. The molecule has 0 atom stereocenters. The third-order valence-electron chi connectivity index (χ3n) is 5.07. The predicted molar refractivity (Wildman–Crippen MR) is 140 cm³/mol. The van der Waals surface area contributed by atoms with Gasteiger partial charge in [-0.15, -0.1) is 0 Å². The number of amides is 1. The molecule has 0 radical (unpaired) electrons. The Balaban J connectivity index is 1.59. The van der Waals surface area contributed by atoms with E-state index < -0.39 is 0 Å². The molecule has 1 amide bonds. The minimum absolute atomic E-state index is 0.0238. The first-order valence-electron chi connectivity index (χ1n) is 11.1. The fourth-order valence-electron chi connectivity index (χ4n) is 3.17. The first-order chi connectivity index (χ1) is 16.5. The van der Waals surface area contributed by atoms with Crippen molar-refractivity contribution in [3.63, 3.8) is 0 Å². The zero-order chi connectivity index (χ0) is 23.9. The Morgan fingerprint density at radius 1 is 0.824 bits per heavy atom. The standard InChI is InChI=1S/C27H27N5OS/c1-4-25(33)30-22-13-14-24(23(17-22)29-20-9-5-18(2)6-10-20)34-26-15-16-28-27(32-26)31-21-11-7-19(3)8-12-21/h5-17,29H,4H2,1-3H3,(H,30,33)(H,28,31,32). The summed E-state index contributed by atoms with van der Waals surface area (Å²) in [6.45, 7) is 5.95. The Morgan fingerprint density at radius 3 is 2.09 bits per heavy atom. The maximum absolute atomic E-state index is 11.9. The second-order valence-corrected chi connectivity index (χ2v) is 8.98. The molecule has 0 saturated heterocycles. The summed E-state index contributed by atoms with van der Waals surface area (Å²) in [7, 11) is 0. The van der Waals surface area contributed by atoms with Gasteiger partial charge in [0.2, 0.25) is 11.9 Å². The van der Waals surface area contributed by atoms with E-state index >= 15 is 0 Å². The van der Waals surface area contributed by atoms with Gasteiger partial charge in [-0.3, -0.25) is 4.79 Å². The van der Waals surface area contributed by atoms with E-state index in [4.69, 9.17) is 0 Å². The maximum Gasteiger partial charge on any atom is 0.228 e. The number of hydrogen-bond donors (Lipinski definition) is 3. The normalized spacial score (nSPS) is 10.6. The molecule has 0 aliphatic carbocycles. The van der Waals surface area contributed by atoms with Crippen LogP contribution >= 0.6 is 11.8 Å². The Morgan fingerprint density at radius 2 is 1.44 bits per heavy atom. The molecule has 0 fully saturated rings. The molecule has 1 heterocycles. The highest BCUT2D eigenvalue weighted by Gasteiger charge is 2.10. The van der Waals surface area contributed by atoms with E-state index in [2.05, 4.69) is 51.9 Å². The first-order valence-corrected chi connectivity index (χ1v) is 11.9. The van der Waals surface area contributed by atoms with E-state index in [1.54, 1.807) is 6.20 Å². The number of nitrogens with zero attached hydrogens (tertiary/aromatic N) is 2. The average Bonchev–Trinajstić information content (AvgIpc) is 2.84. The van der Waals surface area contributed by atoms with Crippen LogP contribution in [0.15, 0.2) is 88.9 Å². The second-order valence-electron chi connectivity index (χ2n) is 7.92. The van der Waals surface area contributed by atoms with Crippen molar-refractivity contribution >= 4 is 46.4 Å². The molecule has 6 nitrogen and oxygen atoms in total. The molecular weight excluding hydrogens is 442 g/mol. The number of carbonyl (C=O) groups is 1. The van der Waals surface area contributed by atoms with Crippen molar-refractivity contribution in [1.82, 2.24) is 9.97 Å². The summed E-state index contributed by atoms with van der Waals surface area (Å²) >= 11 is 1.53. The number of anilines is 5. The van der Waals surface area contributed by atoms with Gasteiger partial charge in [-0.2, -0.15) is 0 Å². The highest BCUT2D eigenvalue weighted by Crippen LogP contribution is 2.36. The number of benzene rings is 3. The Bertz CT molecular complexity index is 1270. The van der Waals surface area contributed by atoms with E-state index in [0.717, 1.165) is 32.7 Å². The van der Waals surface area contributed by atoms with Crippen molar-refractivity contribution in [2.75, 3.05) is 16.0 Å². The van der Waals surface area contributed by atoms with Crippen molar-refractivity contribution in [3.05, 3.63) is 90.1 Å². The lowest BCUT2D eigenvalue weighted by atomic mass is 10.2. The van der Waals surface area contributed by atoms with Crippen LogP contribution in [0.4, 0.5) is 28.7 Å². The summed E-state index contributed by atoms with van der Waals surface area (Å²) < 4.78 is 0. The number of carbonyl (C=O) groups excluding carboxylic acids is 1. The molecule has 4 aromatic rings. The number of nitrogens with one attached hydrogen (secondary N) is 3. The van der Waals surface area contributed by atoms with E-state index in [1.807, 2.05) is 67.6 Å². The Kier molecular flexibility index (Phi) is 7.44. The predicted octanol–water partition coefficient (Wildman–Crippen LogP) is 7.08. The molecule has 7 heteroatoms. The third-order valence-corrected chi connectivity index (χ3v) is 6.08. The van der Waals surface area contributed by atoms with Gasteiger partial charge < -0.3 is 16.0 Å². The summed E-state index contributed by atoms with van der Waals surface area (Å²) in [6, 6.07) is 24.0. The van der Waals surface area contributed by atoms with Crippen molar-refractivity contribution in [2.45, 2.75) is 37.1 Å². The maximum atomic E-state index is 11.9. The van der Waals surface area contributed by atoms with Gasteiger partial charge in [0, 0.05) is 34.6 Å². The summed E-state index contributed by atoms with van der Waals surface area (Å²) in [5, 5.41) is 10.5. The lowest BCUT2D eigenvalue weighted by Gasteiger charge is -2.15. The van der Waals surface area contributed by atoms with Crippen LogP contribution in [0.3, 0.4) is 0 Å². The fraction of sp³-hybridized carbons (Fsp3) is 0.148. The molecule has 0 unspecified atom stereocenters. The van der Waals surface area contributed by atoms with Crippen LogP contribution in [0.25, 0.3) is 0 Å². The smallest absolute Gasteiger partial charge is 0.228 e. The van der Waals surface area contributed by atoms with Crippen LogP contribution in [0.5, 0.6) is 0 Å². The molecule has 3 N–H and O–H groups in total. The summed E-state index contributed by atoms with van der Waals surface area (Å²) in [5.74, 6) is 0.512. The van der Waals surface area contributed by atoms with Crippen LogP contribution in [0.2, 0.25) is 0 Å². The van der Waals surface area contributed by atoms with Gasteiger partial charge in [-0.1, -0.05) is 54.1 Å². The van der Waals surface area contributed by atoms with Crippen LogP contribution < -0.4 is 16.0 Å². The molecule has 0 aliphatic heterocycles. The summed E-state index contributed by atoms with van der Waals surface area (Å²) in [6.07, 6.45) is 2.17. The lowest BCUT2D eigenvalue weighted by Crippen LogP contribution is -2.09. The van der Waals surface area contributed by atoms with Gasteiger partial charge in [0.15, 0.2) is 0 Å². The largest absolute Gasteiger partial charge is 0.355 e. The van der Waals surface area contributed by atoms with Crippen LogP contribution in [-0.2, 0) is 4.79 Å². The SMILES string of the molecule is CCC(=O)Nc1ccc(Sc2ccnc(Nc3ccc(C)cc3)n2)c(Nc2ccc(C)cc2)c1. The number of aryl methyl sites for hydroxylation is 2. The average molecular weight is 470 g/mol. The second kappa shape index (κ2) is 10.9. The quantitative estimate of drug-likeness (QED) is 0.239. The van der Waals surface area contributed by atoms with E-state index in [-0.39, 0.29) is 5.91 Å². The van der Waals surface area contributed by atoms with Crippen molar-refractivity contribution in [3.8, 4) is 0 Å². The highest BCUT2D eigenvalue weighted by molar-refractivity contribution is 7.99. The van der Waals surface area contributed by atoms with Crippen LogP contribution in [0.1, 0.15) is 24.5 Å². The number of rotatable bonds is 8. The van der Waals surface area contributed by atoms with Gasteiger partial charge in [0.1, 0.15) is 5.03 Å². The molecule has 0 spiro atoms. The minimum Gasteiger partial charge on any atom is -0.355 e. The zero-order valence-corrected chi connectivity index (χ0v) is 20.2. The van der Waals surface area contributed by atoms with Gasteiger partial charge in [0.25, 0.3) is 0 Å². The minimum atomic E-state index is -0.0238. The third kappa shape index (κ3) is 6.36. The molecule has 1 aromatic heterocycles. The molecule has 4 rings (SSSR count). The highest BCUT2D eigenvalue weighted by atomic mass is 32.2. The lowest BCUT2D eigenvalue weighted by molar-refractivity contribution is -0.115. The van der Waals surface area contributed by atoms with Crippen molar-refractivity contribution < 1.29 is 4.79 Å². The summed E-state index contributed by atoms with van der Waals surface area (Å²) in [5.41, 5.74) is 5.92. The number of hydrogen-bond acceptors (Lipinski definition) is 6. The Labute approximate surface area is 204 Å². The van der Waals surface area contributed by atoms with Gasteiger partial charge in [0.05, 0.1) is 5.69 Å². The number of aromatic nitrogens is 2. The molecule has 172 valence electrons. The molecular formula is C27H27N5OS. The van der Waals surface area contributed by atoms with Crippen molar-refractivity contribution in [1.29, 1.82) is 0 Å². The topological polar surface area (TPSA) is 78.9 Å². The van der Waals surface area contributed by atoms with E-state index in [9.17, 15) is 4.79 Å². The molecule has 0 saturated carbocycles. The molecule has 3 aromatic carbocycles. The van der Waals surface area contributed by atoms with Crippen LogP contribution in [-0.4, -0.2) is 15.9 Å². The van der Waals surface area contributed by atoms with Gasteiger partial charge in [-0.05, 0) is 62.4 Å².